The predicted molar refractivity (Wildman–Crippen MR) is 111 cm³/mol. The first-order valence-corrected chi connectivity index (χ1v) is 11.1. The quantitative estimate of drug-likeness (QED) is 0.717. The summed E-state index contributed by atoms with van der Waals surface area (Å²) in [6.07, 6.45) is 5.28. The third-order valence-corrected chi connectivity index (χ3v) is 6.38. The molecule has 29 heavy (non-hydrogen) atoms. The molecule has 0 radical (unpaired) electrons. The number of benzene rings is 2. The molecule has 2 aromatic carbocycles. The number of sulfonamides is 1. The molecule has 2 aromatic rings. The van der Waals surface area contributed by atoms with Crippen LogP contribution in [-0.2, 0) is 10.0 Å². The number of anilines is 1. The molecular weight excluding hydrogens is 392 g/mol. The van der Waals surface area contributed by atoms with Crippen molar-refractivity contribution in [2.75, 3.05) is 18.9 Å². The maximum absolute atomic E-state index is 12.9. The van der Waals surface area contributed by atoms with E-state index in [-0.39, 0.29) is 22.5 Å². The molecule has 0 saturated heterocycles. The summed E-state index contributed by atoms with van der Waals surface area (Å²) >= 11 is 0. The molecule has 156 valence electrons. The topological polar surface area (TPSA) is 93.7 Å². The number of methoxy groups -OCH3 is 2. The van der Waals surface area contributed by atoms with Gasteiger partial charge in [0, 0.05) is 12.1 Å². The van der Waals surface area contributed by atoms with Crippen LogP contribution in [-0.4, -0.2) is 34.6 Å². The van der Waals surface area contributed by atoms with Crippen molar-refractivity contribution in [3.8, 4) is 11.5 Å². The highest BCUT2D eigenvalue weighted by Crippen LogP contribution is 2.30. The molecule has 3 rings (SSSR count). The van der Waals surface area contributed by atoms with E-state index in [1.54, 1.807) is 24.3 Å². The monoisotopic (exact) mass is 418 g/mol. The lowest BCUT2D eigenvalue weighted by molar-refractivity contribution is 0.0928. The van der Waals surface area contributed by atoms with E-state index >= 15 is 0 Å². The highest BCUT2D eigenvalue weighted by atomic mass is 32.2. The van der Waals surface area contributed by atoms with Crippen molar-refractivity contribution in [3.63, 3.8) is 0 Å². The summed E-state index contributed by atoms with van der Waals surface area (Å²) in [6, 6.07) is 11.0. The predicted octanol–water partition coefficient (Wildman–Crippen LogP) is 3.57. The number of amides is 1. The fourth-order valence-electron chi connectivity index (χ4n) is 3.47. The summed E-state index contributed by atoms with van der Waals surface area (Å²) in [7, 11) is -1.01. The first kappa shape index (κ1) is 21.0. The summed E-state index contributed by atoms with van der Waals surface area (Å²) in [4.78, 5) is 12.8. The van der Waals surface area contributed by atoms with E-state index in [1.165, 1.54) is 38.8 Å². The molecule has 1 aliphatic rings. The van der Waals surface area contributed by atoms with Gasteiger partial charge in [0.2, 0.25) is 0 Å². The van der Waals surface area contributed by atoms with E-state index in [2.05, 4.69) is 10.0 Å². The van der Waals surface area contributed by atoms with Crippen molar-refractivity contribution in [1.29, 1.82) is 0 Å². The van der Waals surface area contributed by atoms with Gasteiger partial charge in [0.25, 0.3) is 15.9 Å². The van der Waals surface area contributed by atoms with Gasteiger partial charge in [-0.1, -0.05) is 31.4 Å². The van der Waals surface area contributed by atoms with Crippen LogP contribution in [0.25, 0.3) is 0 Å². The lowest BCUT2D eigenvalue weighted by atomic mass is 9.95. The Bertz CT molecular complexity index is 969. The molecule has 0 heterocycles. The van der Waals surface area contributed by atoms with Crippen LogP contribution in [0.15, 0.2) is 47.4 Å². The summed E-state index contributed by atoms with van der Waals surface area (Å²) in [5.74, 6) is 0.458. The third kappa shape index (κ3) is 5.00. The molecule has 1 amide bonds. The van der Waals surface area contributed by atoms with Gasteiger partial charge in [-0.05, 0) is 37.1 Å². The molecule has 0 aromatic heterocycles. The Hall–Kier alpha value is -2.74. The molecule has 2 N–H and O–H groups in total. The second kappa shape index (κ2) is 9.17. The van der Waals surface area contributed by atoms with Gasteiger partial charge >= 0.3 is 0 Å². The zero-order valence-electron chi connectivity index (χ0n) is 16.6. The van der Waals surface area contributed by atoms with E-state index in [0.717, 1.165) is 25.7 Å². The Morgan fingerprint density at radius 3 is 2.34 bits per heavy atom. The van der Waals surface area contributed by atoms with Crippen molar-refractivity contribution in [3.05, 3.63) is 48.0 Å². The molecule has 0 bridgehead atoms. The van der Waals surface area contributed by atoms with Crippen LogP contribution in [0.1, 0.15) is 42.5 Å². The lowest BCUT2D eigenvalue weighted by Crippen LogP contribution is -2.36. The van der Waals surface area contributed by atoms with Gasteiger partial charge in [0.05, 0.1) is 30.4 Å². The Labute approximate surface area is 171 Å². The molecule has 1 saturated carbocycles. The number of para-hydroxylation sites is 1. The fraction of sp³-hybridized carbons (Fsp3) is 0.381. The number of rotatable bonds is 7. The van der Waals surface area contributed by atoms with E-state index in [4.69, 9.17) is 9.47 Å². The Morgan fingerprint density at radius 1 is 0.966 bits per heavy atom. The molecule has 0 aliphatic heterocycles. The van der Waals surface area contributed by atoms with Crippen LogP contribution >= 0.6 is 0 Å². The second-order valence-corrected chi connectivity index (χ2v) is 8.66. The van der Waals surface area contributed by atoms with Gasteiger partial charge in [0.1, 0.15) is 0 Å². The zero-order chi connectivity index (χ0) is 20.9. The molecule has 8 heteroatoms. The van der Waals surface area contributed by atoms with Gasteiger partial charge in [0.15, 0.2) is 11.5 Å². The minimum atomic E-state index is -3.93. The van der Waals surface area contributed by atoms with Gasteiger partial charge in [-0.25, -0.2) is 8.42 Å². The largest absolute Gasteiger partial charge is 0.493 e. The van der Waals surface area contributed by atoms with E-state index < -0.39 is 10.0 Å². The number of nitrogens with one attached hydrogen (secondary N) is 2. The lowest BCUT2D eigenvalue weighted by Gasteiger charge is -2.23. The second-order valence-electron chi connectivity index (χ2n) is 6.98. The Morgan fingerprint density at radius 2 is 1.66 bits per heavy atom. The van der Waals surface area contributed by atoms with Crippen molar-refractivity contribution >= 4 is 21.6 Å². The van der Waals surface area contributed by atoms with Crippen LogP contribution < -0.4 is 19.5 Å². The third-order valence-electron chi connectivity index (χ3n) is 5.02. The number of ether oxygens (including phenoxy) is 2. The van der Waals surface area contributed by atoms with Gasteiger partial charge in [-0.15, -0.1) is 0 Å². The number of carbonyl (C=O) groups excluding carboxylic acids is 1. The maximum Gasteiger partial charge on any atom is 0.262 e. The van der Waals surface area contributed by atoms with Crippen LogP contribution in [0.5, 0.6) is 11.5 Å². The highest BCUT2D eigenvalue weighted by Gasteiger charge is 2.22. The van der Waals surface area contributed by atoms with E-state index in [9.17, 15) is 13.2 Å². The normalized spacial score (nSPS) is 14.8. The smallest absolute Gasteiger partial charge is 0.262 e. The zero-order valence-corrected chi connectivity index (χ0v) is 17.4. The summed E-state index contributed by atoms with van der Waals surface area (Å²) in [6.45, 7) is 0. The summed E-state index contributed by atoms with van der Waals surface area (Å²) < 4.78 is 38.7. The maximum atomic E-state index is 12.9. The number of hydrogen-bond donors (Lipinski definition) is 2. The van der Waals surface area contributed by atoms with Crippen molar-refractivity contribution in [1.82, 2.24) is 5.32 Å². The number of carbonyl (C=O) groups is 1. The molecule has 0 atom stereocenters. The number of hydrogen-bond acceptors (Lipinski definition) is 5. The minimum absolute atomic E-state index is 0.0117. The SMILES string of the molecule is COc1ccc(S(=O)(=O)Nc2ccccc2C(=O)NC2CCCCC2)cc1OC. The van der Waals surface area contributed by atoms with Crippen LogP contribution in [0.4, 0.5) is 5.69 Å². The fourth-order valence-corrected chi connectivity index (χ4v) is 4.56. The summed E-state index contributed by atoms with van der Waals surface area (Å²) in [5.41, 5.74) is 0.526. The van der Waals surface area contributed by atoms with Crippen molar-refractivity contribution in [2.24, 2.45) is 0 Å². The molecule has 1 aliphatic carbocycles. The van der Waals surface area contributed by atoms with E-state index in [1.807, 2.05) is 0 Å². The molecular formula is C21H26N2O5S. The minimum Gasteiger partial charge on any atom is -0.493 e. The van der Waals surface area contributed by atoms with Crippen LogP contribution in [0.2, 0.25) is 0 Å². The standard InChI is InChI=1S/C21H26N2O5S/c1-27-19-13-12-16(14-20(19)28-2)29(25,26)23-18-11-7-6-10-17(18)21(24)22-15-8-4-3-5-9-15/h6-7,10-15,23H,3-5,8-9H2,1-2H3,(H,22,24). The van der Waals surface area contributed by atoms with Crippen LogP contribution in [0.3, 0.4) is 0 Å². The van der Waals surface area contributed by atoms with Crippen LogP contribution in [0, 0.1) is 0 Å². The first-order chi connectivity index (χ1) is 13.9. The van der Waals surface area contributed by atoms with Crippen molar-refractivity contribution in [2.45, 2.75) is 43.0 Å². The molecule has 1 fully saturated rings. The molecule has 0 spiro atoms. The Kier molecular flexibility index (Phi) is 6.64. The highest BCUT2D eigenvalue weighted by molar-refractivity contribution is 7.92. The molecule has 0 unspecified atom stereocenters. The van der Waals surface area contributed by atoms with Crippen molar-refractivity contribution < 1.29 is 22.7 Å². The summed E-state index contributed by atoms with van der Waals surface area (Å²) in [5, 5.41) is 3.02. The van der Waals surface area contributed by atoms with Gasteiger partial charge in [-0.3, -0.25) is 9.52 Å². The molecule has 7 nitrogen and oxygen atoms in total. The average Bonchev–Trinajstić information content (AvgIpc) is 2.74. The van der Waals surface area contributed by atoms with E-state index in [0.29, 0.717) is 17.1 Å². The van der Waals surface area contributed by atoms with Gasteiger partial charge in [-0.2, -0.15) is 0 Å². The van der Waals surface area contributed by atoms with Gasteiger partial charge < -0.3 is 14.8 Å². The average molecular weight is 419 g/mol. The Balaban J connectivity index is 1.83. The first-order valence-electron chi connectivity index (χ1n) is 9.59.